The first-order valence-corrected chi connectivity index (χ1v) is 6.86. The predicted molar refractivity (Wildman–Crippen MR) is 72.8 cm³/mol. The van der Waals surface area contributed by atoms with Crippen molar-refractivity contribution in [2.75, 3.05) is 27.4 Å². The molecule has 0 bridgehead atoms. The van der Waals surface area contributed by atoms with Gasteiger partial charge in [-0.25, -0.2) is 0 Å². The van der Waals surface area contributed by atoms with E-state index in [-0.39, 0.29) is 6.10 Å². The molecule has 0 aliphatic heterocycles. The van der Waals surface area contributed by atoms with Crippen molar-refractivity contribution in [1.29, 1.82) is 0 Å². The summed E-state index contributed by atoms with van der Waals surface area (Å²) >= 11 is 1.88. The summed E-state index contributed by atoms with van der Waals surface area (Å²) in [5, 5.41) is 3.48. The summed E-state index contributed by atoms with van der Waals surface area (Å²) in [7, 11) is 3.42. The van der Waals surface area contributed by atoms with Crippen LogP contribution in [0.15, 0.2) is 12.1 Å². The van der Waals surface area contributed by atoms with Crippen molar-refractivity contribution < 1.29 is 9.47 Å². The number of nitrogens with one attached hydrogen (secondary N) is 1. The topological polar surface area (TPSA) is 30.5 Å². The fraction of sp³-hybridized carbons (Fsp3) is 0.692. The maximum absolute atomic E-state index is 5.32. The molecule has 3 nitrogen and oxygen atoms in total. The van der Waals surface area contributed by atoms with E-state index in [4.69, 9.17) is 9.47 Å². The molecule has 98 valence electrons. The Hall–Kier alpha value is -0.420. The average Bonchev–Trinajstić information content (AvgIpc) is 2.82. The average molecular weight is 257 g/mol. The van der Waals surface area contributed by atoms with E-state index in [0.717, 1.165) is 13.0 Å². The van der Waals surface area contributed by atoms with Gasteiger partial charge in [-0.05, 0) is 25.5 Å². The summed E-state index contributed by atoms with van der Waals surface area (Å²) in [4.78, 5) is 2.82. The van der Waals surface area contributed by atoms with E-state index in [0.29, 0.717) is 12.6 Å². The molecular weight excluding hydrogens is 234 g/mol. The molecular formula is C13H23NO2S. The van der Waals surface area contributed by atoms with Gasteiger partial charge in [-0.3, -0.25) is 0 Å². The Balaban J connectivity index is 2.40. The Labute approximate surface area is 108 Å². The number of hydrogen-bond acceptors (Lipinski definition) is 4. The standard InChI is InChI=1S/C13H23NO2S/c1-5-12-6-7-13(17-12)10(2)14-8-11(16-4)9-15-3/h6-7,10-11,14H,5,8-9H2,1-4H3. The molecule has 1 rings (SSSR count). The van der Waals surface area contributed by atoms with Crippen molar-refractivity contribution in [3.63, 3.8) is 0 Å². The summed E-state index contributed by atoms with van der Waals surface area (Å²) in [5.74, 6) is 0. The maximum atomic E-state index is 5.32. The molecule has 0 radical (unpaired) electrons. The van der Waals surface area contributed by atoms with Crippen LogP contribution in [0.25, 0.3) is 0 Å². The van der Waals surface area contributed by atoms with Crippen LogP contribution in [0.4, 0.5) is 0 Å². The van der Waals surface area contributed by atoms with Crippen molar-refractivity contribution in [2.24, 2.45) is 0 Å². The van der Waals surface area contributed by atoms with Crippen LogP contribution < -0.4 is 5.32 Å². The van der Waals surface area contributed by atoms with Gasteiger partial charge in [0, 0.05) is 36.6 Å². The Morgan fingerprint density at radius 3 is 2.65 bits per heavy atom. The first-order valence-electron chi connectivity index (χ1n) is 6.05. The van der Waals surface area contributed by atoms with Gasteiger partial charge in [-0.1, -0.05) is 6.92 Å². The molecule has 0 amide bonds. The van der Waals surface area contributed by atoms with Crippen LogP contribution in [-0.2, 0) is 15.9 Å². The molecule has 1 aromatic heterocycles. The molecule has 2 unspecified atom stereocenters. The number of hydrogen-bond donors (Lipinski definition) is 1. The van der Waals surface area contributed by atoms with Gasteiger partial charge in [0.15, 0.2) is 0 Å². The van der Waals surface area contributed by atoms with Gasteiger partial charge in [-0.2, -0.15) is 0 Å². The smallest absolute Gasteiger partial charge is 0.0928 e. The lowest BCUT2D eigenvalue weighted by Gasteiger charge is -2.18. The maximum Gasteiger partial charge on any atom is 0.0928 e. The lowest BCUT2D eigenvalue weighted by atomic mass is 10.2. The second-order valence-corrected chi connectivity index (χ2v) is 5.30. The number of thiophene rings is 1. The van der Waals surface area contributed by atoms with Gasteiger partial charge >= 0.3 is 0 Å². The van der Waals surface area contributed by atoms with Crippen LogP contribution in [0, 0.1) is 0 Å². The van der Waals surface area contributed by atoms with E-state index < -0.39 is 0 Å². The minimum Gasteiger partial charge on any atom is -0.382 e. The Morgan fingerprint density at radius 2 is 2.12 bits per heavy atom. The highest BCUT2D eigenvalue weighted by Gasteiger charge is 2.11. The van der Waals surface area contributed by atoms with Gasteiger partial charge in [0.25, 0.3) is 0 Å². The highest BCUT2D eigenvalue weighted by Crippen LogP contribution is 2.23. The van der Waals surface area contributed by atoms with Crippen molar-refractivity contribution in [3.8, 4) is 0 Å². The number of rotatable bonds is 8. The molecule has 0 aliphatic rings. The van der Waals surface area contributed by atoms with E-state index in [1.807, 2.05) is 11.3 Å². The van der Waals surface area contributed by atoms with Crippen LogP contribution in [-0.4, -0.2) is 33.5 Å². The number of methoxy groups -OCH3 is 2. The molecule has 0 fully saturated rings. The molecule has 1 heterocycles. The minimum atomic E-state index is 0.119. The monoisotopic (exact) mass is 257 g/mol. The van der Waals surface area contributed by atoms with E-state index in [2.05, 4.69) is 31.3 Å². The van der Waals surface area contributed by atoms with Crippen molar-refractivity contribution in [2.45, 2.75) is 32.4 Å². The SMILES string of the molecule is CCc1ccc(C(C)NCC(COC)OC)s1. The summed E-state index contributed by atoms with van der Waals surface area (Å²) in [6, 6.07) is 4.79. The molecule has 2 atom stereocenters. The summed E-state index contributed by atoms with van der Waals surface area (Å²) < 4.78 is 10.4. The summed E-state index contributed by atoms with van der Waals surface area (Å²) in [6.45, 7) is 5.81. The highest BCUT2D eigenvalue weighted by atomic mass is 32.1. The van der Waals surface area contributed by atoms with Crippen LogP contribution in [0.1, 0.15) is 29.6 Å². The van der Waals surface area contributed by atoms with Crippen molar-refractivity contribution >= 4 is 11.3 Å². The Kier molecular flexibility index (Phi) is 6.73. The van der Waals surface area contributed by atoms with E-state index in [1.165, 1.54) is 9.75 Å². The Morgan fingerprint density at radius 1 is 1.35 bits per heavy atom. The van der Waals surface area contributed by atoms with E-state index >= 15 is 0 Å². The third kappa shape index (κ3) is 4.76. The molecule has 0 saturated carbocycles. The largest absolute Gasteiger partial charge is 0.382 e. The molecule has 17 heavy (non-hydrogen) atoms. The molecule has 1 N–H and O–H groups in total. The normalized spacial score (nSPS) is 14.8. The second-order valence-electron chi connectivity index (χ2n) is 4.10. The molecule has 1 aromatic rings. The zero-order chi connectivity index (χ0) is 12.7. The molecule has 4 heteroatoms. The minimum absolute atomic E-state index is 0.119. The quantitative estimate of drug-likeness (QED) is 0.776. The fourth-order valence-electron chi connectivity index (χ4n) is 1.62. The molecule has 0 saturated heterocycles. The van der Waals surface area contributed by atoms with Gasteiger partial charge in [0.05, 0.1) is 12.7 Å². The predicted octanol–water partition coefficient (Wildman–Crippen LogP) is 2.62. The lowest BCUT2D eigenvalue weighted by molar-refractivity contribution is 0.0277. The first kappa shape index (κ1) is 14.6. The van der Waals surface area contributed by atoms with Gasteiger partial charge in [0.2, 0.25) is 0 Å². The summed E-state index contributed by atoms with van der Waals surface area (Å²) in [6.07, 6.45) is 1.23. The van der Waals surface area contributed by atoms with Crippen LogP contribution >= 0.6 is 11.3 Å². The second kappa shape index (κ2) is 7.82. The summed E-state index contributed by atoms with van der Waals surface area (Å²) in [5.41, 5.74) is 0. The third-order valence-corrected chi connectivity index (χ3v) is 4.21. The van der Waals surface area contributed by atoms with E-state index in [1.54, 1.807) is 14.2 Å². The van der Waals surface area contributed by atoms with Crippen LogP contribution in [0.5, 0.6) is 0 Å². The zero-order valence-electron chi connectivity index (χ0n) is 11.2. The van der Waals surface area contributed by atoms with Crippen LogP contribution in [0.2, 0.25) is 0 Å². The Bertz CT molecular complexity index is 314. The molecule has 0 spiro atoms. The molecule has 0 aromatic carbocycles. The fourth-order valence-corrected chi connectivity index (χ4v) is 2.60. The zero-order valence-corrected chi connectivity index (χ0v) is 12.0. The number of aryl methyl sites for hydroxylation is 1. The van der Waals surface area contributed by atoms with Crippen molar-refractivity contribution in [3.05, 3.63) is 21.9 Å². The highest BCUT2D eigenvalue weighted by molar-refractivity contribution is 7.12. The first-order chi connectivity index (χ1) is 8.21. The van der Waals surface area contributed by atoms with Gasteiger partial charge in [-0.15, -0.1) is 11.3 Å². The van der Waals surface area contributed by atoms with E-state index in [9.17, 15) is 0 Å². The lowest BCUT2D eigenvalue weighted by Crippen LogP contribution is -2.33. The third-order valence-electron chi connectivity index (χ3n) is 2.80. The number of ether oxygens (including phenoxy) is 2. The van der Waals surface area contributed by atoms with Crippen LogP contribution in [0.3, 0.4) is 0 Å². The molecule has 0 aliphatic carbocycles. The van der Waals surface area contributed by atoms with Crippen molar-refractivity contribution in [1.82, 2.24) is 5.32 Å². The van der Waals surface area contributed by atoms with Gasteiger partial charge in [0.1, 0.15) is 0 Å². The van der Waals surface area contributed by atoms with Gasteiger partial charge < -0.3 is 14.8 Å².